The first kappa shape index (κ1) is 13.1. The predicted octanol–water partition coefficient (Wildman–Crippen LogP) is 3.07. The molecule has 4 heteroatoms. The fourth-order valence-electron chi connectivity index (χ4n) is 2.78. The quantitative estimate of drug-likeness (QED) is 0.898. The van der Waals surface area contributed by atoms with E-state index in [4.69, 9.17) is 0 Å². The van der Waals surface area contributed by atoms with Crippen LogP contribution in [-0.2, 0) is 4.79 Å². The third kappa shape index (κ3) is 2.70. The second-order valence-corrected chi connectivity index (χ2v) is 7.06. The van der Waals surface area contributed by atoms with Crippen LogP contribution in [0.2, 0.25) is 0 Å². The minimum atomic E-state index is 0.00612. The van der Waals surface area contributed by atoms with E-state index in [2.05, 4.69) is 36.2 Å². The van der Waals surface area contributed by atoms with Gasteiger partial charge in [-0.15, -0.1) is 11.3 Å². The highest BCUT2D eigenvalue weighted by Crippen LogP contribution is 2.36. The Morgan fingerprint density at radius 1 is 1.42 bits per heavy atom. The van der Waals surface area contributed by atoms with Crippen molar-refractivity contribution in [2.45, 2.75) is 51.7 Å². The summed E-state index contributed by atoms with van der Waals surface area (Å²) < 4.78 is 0. The molecular weight excluding hydrogens is 256 g/mol. The molecule has 0 radical (unpaired) electrons. The Kier molecular flexibility index (Phi) is 3.63. The molecule has 3 nitrogen and oxygen atoms in total. The highest BCUT2D eigenvalue weighted by atomic mass is 32.1. The van der Waals surface area contributed by atoms with Crippen LogP contribution in [0.1, 0.15) is 48.5 Å². The van der Waals surface area contributed by atoms with Gasteiger partial charge in [0.15, 0.2) is 0 Å². The van der Waals surface area contributed by atoms with Crippen molar-refractivity contribution in [3.63, 3.8) is 0 Å². The number of thiophene rings is 1. The molecule has 0 bridgehead atoms. The number of amides is 1. The third-order valence-electron chi connectivity index (χ3n) is 4.17. The molecule has 1 amide bonds. The molecule has 1 aliphatic carbocycles. The average molecular weight is 278 g/mol. The molecule has 0 aromatic carbocycles. The van der Waals surface area contributed by atoms with Crippen LogP contribution in [0.3, 0.4) is 0 Å². The van der Waals surface area contributed by atoms with Crippen LogP contribution in [0.25, 0.3) is 0 Å². The van der Waals surface area contributed by atoms with Crippen LogP contribution in [0.5, 0.6) is 0 Å². The number of carbonyl (C=O) groups excluding carboxylic acids is 1. The molecule has 1 aromatic heterocycles. The zero-order valence-corrected chi connectivity index (χ0v) is 12.5. The van der Waals surface area contributed by atoms with E-state index in [1.54, 1.807) is 11.3 Å². The summed E-state index contributed by atoms with van der Waals surface area (Å²) in [5, 5.41) is 3.50. The lowest BCUT2D eigenvalue weighted by Gasteiger charge is -2.23. The lowest BCUT2D eigenvalue weighted by atomic mass is 10.2. The van der Waals surface area contributed by atoms with Crippen LogP contribution >= 0.6 is 11.3 Å². The summed E-state index contributed by atoms with van der Waals surface area (Å²) in [6, 6.07) is 4.31. The van der Waals surface area contributed by atoms with Crippen molar-refractivity contribution in [1.29, 1.82) is 0 Å². The van der Waals surface area contributed by atoms with Crippen LogP contribution in [0, 0.1) is 12.8 Å². The van der Waals surface area contributed by atoms with Gasteiger partial charge >= 0.3 is 0 Å². The normalized spacial score (nSPS) is 27.3. The summed E-state index contributed by atoms with van der Waals surface area (Å²) >= 11 is 1.80. The Hall–Kier alpha value is -0.870. The first-order valence-corrected chi connectivity index (χ1v) is 8.13. The number of nitrogens with one attached hydrogen (secondary N) is 1. The van der Waals surface area contributed by atoms with Crippen molar-refractivity contribution in [2.24, 2.45) is 5.92 Å². The molecule has 2 aliphatic rings. The molecular formula is C15H22N2OS. The molecule has 1 N–H and O–H groups in total. The van der Waals surface area contributed by atoms with E-state index in [-0.39, 0.29) is 12.2 Å². The number of rotatable bonds is 5. The standard InChI is InChI=1S/C15H22N2OS/c1-3-12-15(18)17(9-8-11-5-6-11)14(16-12)13-7-4-10(2)19-13/h4,7,11-12,14,16H,3,5-6,8-9H2,1-2H3. The van der Waals surface area contributed by atoms with Crippen molar-refractivity contribution in [3.8, 4) is 0 Å². The summed E-state index contributed by atoms with van der Waals surface area (Å²) in [5.41, 5.74) is 0. The van der Waals surface area contributed by atoms with Crippen LogP contribution in [0.4, 0.5) is 0 Å². The van der Waals surface area contributed by atoms with E-state index in [1.807, 2.05) is 0 Å². The Morgan fingerprint density at radius 2 is 2.21 bits per heavy atom. The molecule has 2 heterocycles. The number of aryl methyl sites for hydroxylation is 1. The van der Waals surface area contributed by atoms with E-state index in [0.717, 1.165) is 18.9 Å². The van der Waals surface area contributed by atoms with Crippen LogP contribution < -0.4 is 5.32 Å². The van der Waals surface area contributed by atoms with Crippen molar-refractivity contribution < 1.29 is 4.79 Å². The fourth-order valence-corrected chi connectivity index (χ4v) is 3.73. The zero-order chi connectivity index (χ0) is 13.4. The number of carbonyl (C=O) groups is 1. The summed E-state index contributed by atoms with van der Waals surface area (Å²) in [7, 11) is 0. The Labute approximate surface area is 119 Å². The van der Waals surface area contributed by atoms with E-state index in [9.17, 15) is 4.79 Å². The van der Waals surface area contributed by atoms with Crippen LogP contribution in [-0.4, -0.2) is 23.4 Å². The largest absolute Gasteiger partial charge is 0.321 e. The molecule has 1 aliphatic heterocycles. The maximum Gasteiger partial charge on any atom is 0.241 e. The molecule has 3 rings (SSSR count). The van der Waals surface area contributed by atoms with Gasteiger partial charge in [-0.2, -0.15) is 0 Å². The number of nitrogens with zero attached hydrogens (tertiary/aromatic N) is 1. The lowest BCUT2D eigenvalue weighted by molar-refractivity contribution is -0.130. The van der Waals surface area contributed by atoms with Gasteiger partial charge in [-0.05, 0) is 37.8 Å². The van der Waals surface area contributed by atoms with Gasteiger partial charge in [0, 0.05) is 16.3 Å². The average Bonchev–Trinajstić information content (AvgIpc) is 3.05. The predicted molar refractivity (Wildman–Crippen MR) is 78.1 cm³/mol. The van der Waals surface area contributed by atoms with E-state index < -0.39 is 0 Å². The van der Waals surface area contributed by atoms with Crippen LogP contribution in [0.15, 0.2) is 12.1 Å². The molecule has 19 heavy (non-hydrogen) atoms. The highest BCUT2D eigenvalue weighted by molar-refractivity contribution is 7.12. The Morgan fingerprint density at radius 3 is 2.79 bits per heavy atom. The van der Waals surface area contributed by atoms with Gasteiger partial charge in [-0.25, -0.2) is 0 Å². The molecule has 1 aromatic rings. The van der Waals surface area contributed by atoms with Gasteiger partial charge in [0.1, 0.15) is 6.17 Å². The summed E-state index contributed by atoms with van der Waals surface area (Å²) in [4.78, 5) is 17.1. The van der Waals surface area contributed by atoms with Crippen molar-refractivity contribution in [1.82, 2.24) is 10.2 Å². The van der Waals surface area contributed by atoms with Gasteiger partial charge in [0.25, 0.3) is 0 Å². The van der Waals surface area contributed by atoms with Gasteiger partial charge in [0.2, 0.25) is 5.91 Å². The van der Waals surface area contributed by atoms with E-state index in [0.29, 0.717) is 5.91 Å². The molecule has 1 saturated carbocycles. The number of hydrogen-bond donors (Lipinski definition) is 1. The highest BCUT2D eigenvalue weighted by Gasteiger charge is 2.39. The maximum atomic E-state index is 12.4. The molecule has 104 valence electrons. The van der Waals surface area contributed by atoms with Crippen molar-refractivity contribution in [2.75, 3.05) is 6.54 Å². The van der Waals surface area contributed by atoms with E-state index in [1.165, 1.54) is 29.0 Å². The second-order valence-electron chi connectivity index (χ2n) is 5.74. The molecule has 2 unspecified atom stereocenters. The van der Waals surface area contributed by atoms with Gasteiger partial charge in [0.05, 0.1) is 6.04 Å². The third-order valence-corrected chi connectivity index (χ3v) is 5.22. The summed E-state index contributed by atoms with van der Waals surface area (Å²) in [6.07, 6.45) is 4.87. The zero-order valence-electron chi connectivity index (χ0n) is 11.7. The second kappa shape index (κ2) is 5.25. The maximum absolute atomic E-state index is 12.4. The lowest BCUT2D eigenvalue weighted by Crippen LogP contribution is -2.31. The first-order valence-electron chi connectivity index (χ1n) is 7.32. The number of hydrogen-bond acceptors (Lipinski definition) is 3. The van der Waals surface area contributed by atoms with Gasteiger partial charge in [-0.3, -0.25) is 10.1 Å². The Balaban J connectivity index is 1.76. The molecule has 2 fully saturated rings. The minimum Gasteiger partial charge on any atom is -0.321 e. The SMILES string of the molecule is CCC1NC(c2ccc(C)s2)N(CCC2CC2)C1=O. The van der Waals surface area contributed by atoms with Gasteiger partial charge < -0.3 is 4.90 Å². The van der Waals surface area contributed by atoms with Crippen molar-refractivity contribution in [3.05, 3.63) is 21.9 Å². The smallest absolute Gasteiger partial charge is 0.241 e. The van der Waals surface area contributed by atoms with Gasteiger partial charge in [-0.1, -0.05) is 19.8 Å². The molecule has 0 spiro atoms. The fraction of sp³-hybridized carbons (Fsp3) is 0.667. The van der Waals surface area contributed by atoms with E-state index >= 15 is 0 Å². The molecule has 2 atom stereocenters. The topological polar surface area (TPSA) is 32.3 Å². The Bertz CT molecular complexity index is 466. The summed E-state index contributed by atoms with van der Waals surface area (Å²) in [6.45, 7) is 5.11. The first-order chi connectivity index (χ1) is 9.19. The summed E-state index contributed by atoms with van der Waals surface area (Å²) in [5.74, 6) is 1.17. The molecule has 1 saturated heterocycles. The van der Waals surface area contributed by atoms with Crippen molar-refractivity contribution >= 4 is 17.2 Å². The minimum absolute atomic E-state index is 0.00612. The monoisotopic (exact) mass is 278 g/mol.